The average Bonchev–Trinajstić information content (AvgIpc) is 2.53. The van der Waals surface area contributed by atoms with Crippen LogP contribution in [0.4, 0.5) is 13.2 Å². The fourth-order valence-electron chi connectivity index (χ4n) is 2.29. The molecule has 1 rings (SSSR count). The Balaban J connectivity index is 2.53. The highest BCUT2D eigenvalue weighted by atomic mass is 19.4. The number of carboxylic acid groups (broad SMARTS) is 1. The lowest BCUT2D eigenvalue weighted by Crippen LogP contribution is -2.55. The van der Waals surface area contributed by atoms with Gasteiger partial charge in [-0.05, 0) is 12.8 Å². The number of carboxylic acids is 1. The van der Waals surface area contributed by atoms with E-state index in [1.54, 1.807) is 0 Å². The molecular weight excluding hydrogens is 279 g/mol. The smallest absolute Gasteiger partial charge is 0.411 e. The lowest BCUT2D eigenvalue weighted by molar-refractivity contribution is -0.176. The topological polar surface area (TPSA) is 75.6 Å². The molecule has 2 N–H and O–H groups in total. The summed E-state index contributed by atoms with van der Waals surface area (Å²) in [5.74, 6) is -1.98. The Morgan fingerprint density at radius 2 is 1.70 bits per heavy atom. The van der Waals surface area contributed by atoms with Gasteiger partial charge in [-0.1, -0.05) is 25.7 Å². The largest absolute Gasteiger partial charge is 0.480 e. The van der Waals surface area contributed by atoms with Crippen LogP contribution in [0.3, 0.4) is 0 Å². The molecule has 0 spiro atoms. The quantitative estimate of drug-likeness (QED) is 0.759. The Bertz CT molecular complexity index is 349. The van der Waals surface area contributed by atoms with Crippen molar-refractivity contribution in [3.63, 3.8) is 0 Å². The molecule has 20 heavy (non-hydrogen) atoms. The van der Waals surface area contributed by atoms with Gasteiger partial charge in [0.1, 0.15) is 18.8 Å². The highest BCUT2D eigenvalue weighted by Crippen LogP contribution is 2.27. The molecule has 1 amide bonds. The second-order valence-corrected chi connectivity index (χ2v) is 4.96. The third-order valence-electron chi connectivity index (χ3n) is 3.24. The molecule has 0 aromatic rings. The van der Waals surface area contributed by atoms with E-state index in [-0.39, 0.29) is 12.8 Å². The first kappa shape index (κ1) is 16.7. The Labute approximate surface area is 114 Å². The average molecular weight is 297 g/mol. The van der Waals surface area contributed by atoms with E-state index in [0.29, 0.717) is 12.8 Å². The van der Waals surface area contributed by atoms with E-state index in [1.807, 2.05) is 0 Å². The van der Waals surface area contributed by atoms with Crippen LogP contribution in [0.5, 0.6) is 0 Å². The monoisotopic (exact) mass is 297 g/mol. The molecule has 0 aromatic heterocycles. The van der Waals surface area contributed by atoms with Crippen molar-refractivity contribution in [2.75, 3.05) is 13.2 Å². The standard InChI is InChI=1S/C12H18F3NO4/c13-12(14,15)8-20-7-9(17)16-11(10(18)19)5-3-1-2-4-6-11/h1-8H2,(H,16,17)(H,18,19). The van der Waals surface area contributed by atoms with E-state index in [2.05, 4.69) is 10.1 Å². The molecule has 0 heterocycles. The van der Waals surface area contributed by atoms with Crippen molar-refractivity contribution in [3.8, 4) is 0 Å². The van der Waals surface area contributed by atoms with E-state index >= 15 is 0 Å². The molecule has 0 aromatic carbocycles. The first-order valence-electron chi connectivity index (χ1n) is 6.44. The number of alkyl halides is 3. The molecule has 1 saturated carbocycles. The number of carbonyl (C=O) groups is 2. The minimum absolute atomic E-state index is 0.285. The summed E-state index contributed by atoms with van der Waals surface area (Å²) in [6.45, 7) is -2.32. The second kappa shape index (κ2) is 6.92. The summed E-state index contributed by atoms with van der Waals surface area (Å²) in [6, 6.07) is 0. The molecule has 0 atom stereocenters. The summed E-state index contributed by atoms with van der Waals surface area (Å²) in [6.07, 6.45) is -0.843. The number of rotatable bonds is 5. The fraction of sp³-hybridized carbons (Fsp3) is 0.833. The number of nitrogens with one attached hydrogen (secondary N) is 1. The van der Waals surface area contributed by atoms with Gasteiger partial charge in [0, 0.05) is 0 Å². The summed E-state index contributed by atoms with van der Waals surface area (Å²) in [7, 11) is 0. The Kier molecular flexibility index (Phi) is 5.79. The SMILES string of the molecule is O=C(COCC(F)(F)F)NC1(C(=O)O)CCCCCC1. The van der Waals surface area contributed by atoms with E-state index in [1.165, 1.54) is 0 Å². The zero-order valence-electron chi connectivity index (χ0n) is 11.0. The molecule has 0 unspecified atom stereocenters. The lowest BCUT2D eigenvalue weighted by atomic mass is 9.90. The minimum atomic E-state index is -4.51. The molecule has 0 bridgehead atoms. The predicted octanol–water partition coefficient (Wildman–Crippen LogP) is 1.86. The van der Waals surface area contributed by atoms with Crippen molar-refractivity contribution in [1.29, 1.82) is 0 Å². The Morgan fingerprint density at radius 1 is 1.15 bits per heavy atom. The number of halogens is 3. The number of carbonyl (C=O) groups excluding carboxylic acids is 1. The molecule has 1 aliphatic carbocycles. The predicted molar refractivity (Wildman–Crippen MR) is 63.1 cm³/mol. The van der Waals surface area contributed by atoms with Crippen molar-refractivity contribution < 1.29 is 32.6 Å². The van der Waals surface area contributed by atoms with Gasteiger partial charge in [-0.2, -0.15) is 13.2 Å². The van der Waals surface area contributed by atoms with Gasteiger partial charge in [-0.25, -0.2) is 4.79 Å². The second-order valence-electron chi connectivity index (χ2n) is 4.96. The zero-order valence-corrected chi connectivity index (χ0v) is 11.0. The zero-order chi connectivity index (χ0) is 15.2. The van der Waals surface area contributed by atoms with Crippen molar-refractivity contribution in [2.45, 2.75) is 50.2 Å². The molecule has 0 aliphatic heterocycles. The van der Waals surface area contributed by atoms with Gasteiger partial charge >= 0.3 is 12.1 Å². The number of hydrogen-bond donors (Lipinski definition) is 2. The highest BCUT2D eigenvalue weighted by Gasteiger charge is 2.40. The molecule has 1 fully saturated rings. The van der Waals surface area contributed by atoms with E-state index in [4.69, 9.17) is 0 Å². The summed E-state index contributed by atoms with van der Waals surface area (Å²) >= 11 is 0. The third-order valence-corrected chi connectivity index (χ3v) is 3.24. The third kappa shape index (κ3) is 5.36. The normalized spacial score (nSPS) is 19.1. The van der Waals surface area contributed by atoms with Crippen LogP contribution in [-0.4, -0.2) is 41.9 Å². The van der Waals surface area contributed by atoms with Gasteiger partial charge in [-0.3, -0.25) is 4.79 Å². The van der Waals surface area contributed by atoms with Crippen LogP contribution in [0.2, 0.25) is 0 Å². The van der Waals surface area contributed by atoms with Crippen LogP contribution in [-0.2, 0) is 14.3 Å². The molecule has 116 valence electrons. The number of aliphatic carboxylic acids is 1. The minimum Gasteiger partial charge on any atom is -0.480 e. The summed E-state index contributed by atoms with van der Waals surface area (Å²) in [5, 5.41) is 11.6. The van der Waals surface area contributed by atoms with Crippen molar-refractivity contribution >= 4 is 11.9 Å². The van der Waals surface area contributed by atoms with Crippen LogP contribution in [0.1, 0.15) is 38.5 Å². The van der Waals surface area contributed by atoms with Crippen LogP contribution in [0, 0.1) is 0 Å². The van der Waals surface area contributed by atoms with Crippen LogP contribution < -0.4 is 5.32 Å². The van der Waals surface area contributed by atoms with Gasteiger partial charge < -0.3 is 15.2 Å². The van der Waals surface area contributed by atoms with Gasteiger partial charge in [0.2, 0.25) is 5.91 Å². The Hall–Kier alpha value is -1.31. The number of hydrogen-bond acceptors (Lipinski definition) is 3. The van der Waals surface area contributed by atoms with Crippen molar-refractivity contribution in [3.05, 3.63) is 0 Å². The number of amides is 1. The molecule has 0 radical (unpaired) electrons. The Morgan fingerprint density at radius 3 is 2.15 bits per heavy atom. The maximum Gasteiger partial charge on any atom is 0.411 e. The number of ether oxygens (including phenoxy) is 1. The van der Waals surface area contributed by atoms with Crippen molar-refractivity contribution in [2.24, 2.45) is 0 Å². The molecule has 1 aliphatic rings. The van der Waals surface area contributed by atoms with E-state index < -0.39 is 36.8 Å². The lowest BCUT2D eigenvalue weighted by Gasteiger charge is -2.29. The van der Waals surface area contributed by atoms with Gasteiger partial charge in [-0.15, -0.1) is 0 Å². The molecule has 8 heteroatoms. The molecule has 0 saturated heterocycles. The van der Waals surface area contributed by atoms with Gasteiger partial charge in [0.25, 0.3) is 0 Å². The van der Waals surface area contributed by atoms with E-state index in [0.717, 1.165) is 12.8 Å². The van der Waals surface area contributed by atoms with Gasteiger partial charge in [0.15, 0.2) is 0 Å². The summed E-state index contributed by atoms with van der Waals surface area (Å²) < 4.78 is 39.8. The first-order chi connectivity index (χ1) is 9.25. The first-order valence-corrected chi connectivity index (χ1v) is 6.44. The fourth-order valence-corrected chi connectivity index (χ4v) is 2.29. The van der Waals surface area contributed by atoms with Crippen LogP contribution in [0.25, 0.3) is 0 Å². The molecular formula is C12H18F3NO4. The molecule has 5 nitrogen and oxygen atoms in total. The van der Waals surface area contributed by atoms with Crippen LogP contribution >= 0.6 is 0 Å². The van der Waals surface area contributed by atoms with Crippen LogP contribution in [0.15, 0.2) is 0 Å². The maximum absolute atomic E-state index is 11.9. The van der Waals surface area contributed by atoms with Crippen molar-refractivity contribution in [1.82, 2.24) is 5.32 Å². The summed E-state index contributed by atoms with van der Waals surface area (Å²) in [4.78, 5) is 22.9. The maximum atomic E-state index is 11.9. The summed E-state index contributed by atoms with van der Waals surface area (Å²) in [5.41, 5.74) is -1.38. The van der Waals surface area contributed by atoms with E-state index in [9.17, 15) is 27.9 Å². The highest BCUT2D eigenvalue weighted by molar-refractivity contribution is 5.87. The van der Waals surface area contributed by atoms with Gasteiger partial charge in [0.05, 0.1) is 0 Å².